The number of aliphatic hydroxyl groups excluding tert-OH is 2. The Kier molecular flexibility index (Phi) is 8.01. The highest BCUT2D eigenvalue weighted by molar-refractivity contribution is 6.06. The van der Waals surface area contributed by atoms with Crippen LogP contribution in [0.1, 0.15) is 31.3 Å². The second-order valence-corrected chi connectivity index (χ2v) is 9.08. The van der Waals surface area contributed by atoms with Crippen LogP contribution in [0.25, 0.3) is 10.9 Å². The Hall–Kier alpha value is -2.60. The van der Waals surface area contributed by atoms with E-state index in [1.54, 1.807) is 26.8 Å². The molecule has 11 heteroatoms. The molecule has 182 valence electrons. The van der Waals surface area contributed by atoms with Gasteiger partial charge in [-0.25, -0.2) is 4.39 Å². The fourth-order valence-electron chi connectivity index (χ4n) is 3.64. The Bertz CT molecular complexity index is 979. The van der Waals surface area contributed by atoms with Crippen molar-refractivity contribution in [3.63, 3.8) is 0 Å². The van der Waals surface area contributed by atoms with E-state index in [2.05, 4.69) is 15.7 Å². The molecule has 1 saturated heterocycles. The van der Waals surface area contributed by atoms with Crippen LogP contribution in [0.4, 0.5) is 4.39 Å². The van der Waals surface area contributed by atoms with Gasteiger partial charge in [0, 0.05) is 5.39 Å². The van der Waals surface area contributed by atoms with Gasteiger partial charge in [0.05, 0.1) is 45.6 Å². The molecule has 4 N–H and O–H groups in total. The fourth-order valence-corrected chi connectivity index (χ4v) is 3.64. The largest absolute Gasteiger partial charge is 0.394 e. The molecule has 0 aliphatic carbocycles. The number of aromatic nitrogens is 2. The number of fused-ring (bicyclic) bond motifs is 1. The molecule has 0 bridgehead atoms. The molecule has 10 nitrogen and oxygen atoms in total. The lowest BCUT2D eigenvalue weighted by Crippen LogP contribution is -2.56. The van der Waals surface area contributed by atoms with E-state index in [4.69, 9.17) is 9.47 Å². The van der Waals surface area contributed by atoms with E-state index in [-0.39, 0.29) is 23.9 Å². The summed E-state index contributed by atoms with van der Waals surface area (Å²) in [6.07, 6.45) is -0.334. The van der Waals surface area contributed by atoms with E-state index in [0.29, 0.717) is 25.2 Å². The molecule has 0 radical (unpaired) electrons. The summed E-state index contributed by atoms with van der Waals surface area (Å²) >= 11 is 0. The first-order valence-electron chi connectivity index (χ1n) is 10.8. The summed E-state index contributed by atoms with van der Waals surface area (Å²) in [4.78, 5) is 26.0. The molecule has 0 saturated carbocycles. The van der Waals surface area contributed by atoms with Gasteiger partial charge in [-0.05, 0) is 11.5 Å². The quantitative estimate of drug-likeness (QED) is 0.437. The molecule has 1 aromatic heterocycles. The summed E-state index contributed by atoms with van der Waals surface area (Å²) in [6, 6.07) is 2.51. The third-order valence-electron chi connectivity index (χ3n) is 5.39. The Morgan fingerprint density at radius 2 is 1.97 bits per heavy atom. The third kappa shape index (κ3) is 5.85. The van der Waals surface area contributed by atoms with Crippen LogP contribution in [-0.4, -0.2) is 83.0 Å². The summed E-state index contributed by atoms with van der Waals surface area (Å²) < 4.78 is 27.1. The van der Waals surface area contributed by atoms with Crippen molar-refractivity contribution in [3.05, 3.63) is 29.7 Å². The van der Waals surface area contributed by atoms with Gasteiger partial charge >= 0.3 is 0 Å². The number of halogens is 1. The van der Waals surface area contributed by atoms with Gasteiger partial charge in [0.15, 0.2) is 5.69 Å². The summed E-state index contributed by atoms with van der Waals surface area (Å²) in [5.74, 6) is -1.74. The minimum Gasteiger partial charge on any atom is -0.394 e. The number of carbonyl (C=O) groups is 2. The van der Waals surface area contributed by atoms with E-state index in [9.17, 15) is 24.2 Å². The molecule has 1 aromatic carbocycles. The maximum Gasteiger partial charge on any atom is 0.273 e. The Labute approximate surface area is 191 Å². The smallest absolute Gasteiger partial charge is 0.273 e. The van der Waals surface area contributed by atoms with Gasteiger partial charge in [-0.3, -0.25) is 14.3 Å². The normalized spacial score (nSPS) is 17.8. The number of aliphatic hydroxyl groups is 2. The number of carbonyl (C=O) groups excluding carboxylic acids is 2. The molecule has 2 aromatic rings. The zero-order chi connectivity index (χ0) is 24.2. The number of hydrogen-bond acceptors (Lipinski definition) is 7. The average Bonchev–Trinajstić information content (AvgIpc) is 3.15. The van der Waals surface area contributed by atoms with E-state index in [0.717, 1.165) is 0 Å². The third-order valence-corrected chi connectivity index (χ3v) is 5.39. The van der Waals surface area contributed by atoms with Crippen LogP contribution in [0.15, 0.2) is 18.2 Å². The molecule has 1 fully saturated rings. The Morgan fingerprint density at radius 1 is 1.24 bits per heavy atom. The van der Waals surface area contributed by atoms with E-state index < -0.39 is 48.3 Å². The minimum absolute atomic E-state index is 0.0239. The van der Waals surface area contributed by atoms with Gasteiger partial charge in [-0.2, -0.15) is 5.10 Å². The van der Waals surface area contributed by atoms with Gasteiger partial charge in [0.1, 0.15) is 23.5 Å². The molecule has 1 aliphatic heterocycles. The first kappa shape index (κ1) is 25.0. The molecular weight excluding hydrogens is 435 g/mol. The van der Waals surface area contributed by atoms with Crippen LogP contribution < -0.4 is 10.6 Å². The number of ether oxygens (including phenoxy) is 2. The lowest BCUT2D eigenvalue weighted by atomic mass is 9.85. The zero-order valence-electron chi connectivity index (χ0n) is 19.0. The van der Waals surface area contributed by atoms with Crippen LogP contribution in [0.2, 0.25) is 0 Å². The maximum atomic E-state index is 14.7. The lowest BCUT2D eigenvalue weighted by Gasteiger charge is -2.31. The molecule has 1 unspecified atom stereocenters. The molecule has 2 amide bonds. The van der Waals surface area contributed by atoms with Crippen LogP contribution >= 0.6 is 0 Å². The molecule has 33 heavy (non-hydrogen) atoms. The van der Waals surface area contributed by atoms with Crippen LogP contribution in [0.5, 0.6) is 0 Å². The van der Waals surface area contributed by atoms with Crippen LogP contribution in [-0.2, 0) is 20.8 Å². The molecule has 2 atom stereocenters. The minimum atomic E-state index is -1.01. The predicted molar refractivity (Wildman–Crippen MR) is 117 cm³/mol. The highest BCUT2D eigenvalue weighted by Crippen LogP contribution is 2.25. The maximum absolute atomic E-state index is 14.7. The van der Waals surface area contributed by atoms with Crippen molar-refractivity contribution in [3.8, 4) is 0 Å². The van der Waals surface area contributed by atoms with Gasteiger partial charge < -0.3 is 30.3 Å². The SMILES string of the molecule is CC(C)(C)C(NC(=O)c1nn(C[C@H]2COCCO2)c2c(F)cccc12)C(=O)NC(CO)CO. The van der Waals surface area contributed by atoms with Gasteiger partial charge in [0.25, 0.3) is 5.91 Å². The number of nitrogens with one attached hydrogen (secondary N) is 2. The summed E-state index contributed by atoms with van der Waals surface area (Å²) in [5.41, 5.74) is -0.565. The number of hydrogen-bond donors (Lipinski definition) is 4. The van der Waals surface area contributed by atoms with E-state index in [1.165, 1.54) is 16.8 Å². The van der Waals surface area contributed by atoms with Crippen molar-refractivity contribution >= 4 is 22.7 Å². The monoisotopic (exact) mass is 466 g/mol. The highest BCUT2D eigenvalue weighted by Gasteiger charge is 2.35. The lowest BCUT2D eigenvalue weighted by molar-refractivity contribution is -0.126. The van der Waals surface area contributed by atoms with Gasteiger partial charge in [-0.1, -0.05) is 32.9 Å². The van der Waals surface area contributed by atoms with Gasteiger partial charge in [-0.15, -0.1) is 0 Å². The topological polar surface area (TPSA) is 135 Å². The Morgan fingerprint density at radius 3 is 2.58 bits per heavy atom. The summed E-state index contributed by atoms with van der Waals surface area (Å²) in [5, 5.41) is 28.4. The van der Waals surface area contributed by atoms with Crippen molar-refractivity contribution in [2.24, 2.45) is 5.41 Å². The number of amides is 2. The highest BCUT2D eigenvalue weighted by atomic mass is 19.1. The van der Waals surface area contributed by atoms with Crippen LogP contribution in [0.3, 0.4) is 0 Å². The number of nitrogens with zero attached hydrogens (tertiary/aromatic N) is 2. The number of rotatable bonds is 8. The zero-order valence-corrected chi connectivity index (χ0v) is 19.0. The molecule has 2 heterocycles. The fraction of sp³-hybridized carbons (Fsp3) is 0.591. The number of benzene rings is 1. The van der Waals surface area contributed by atoms with Gasteiger partial charge in [0.2, 0.25) is 5.91 Å². The summed E-state index contributed by atoms with van der Waals surface area (Å²) in [7, 11) is 0. The van der Waals surface area contributed by atoms with Crippen LogP contribution in [0, 0.1) is 11.2 Å². The second-order valence-electron chi connectivity index (χ2n) is 9.08. The summed E-state index contributed by atoms with van der Waals surface area (Å²) in [6.45, 7) is 5.84. The first-order valence-corrected chi connectivity index (χ1v) is 10.8. The molecule has 1 aliphatic rings. The molecular formula is C22H31FN4O6. The van der Waals surface area contributed by atoms with E-state index >= 15 is 0 Å². The van der Waals surface area contributed by atoms with Crippen molar-refractivity contribution in [2.75, 3.05) is 33.0 Å². The second kappa shape index (κ2) is 10.6. The van der Waals surface area contributed by atoms with E-state index in [1.807, 2.05) is 0 Å². The van der Waals surface area contributed by atoms with Crippen molar-refractivity contribution < 1.29 is 33.7 Å². The van der Waals surface area contributed by atoms with Crippen molar-refractivity contribution in [2.45, 2.75) is 45.5 Å². The Balaban J connectivity index is 1.90. The van der Waals surface area contributed by atoms with Crippen molar-refractivity contribution in [1.29, 1.82) is 0 Å². The standard InChI is InChI=1S/C22H31FN4O6/c1-22(2,3)19(21(31)24-13(10-28)11-29)25-20(30)17-15-5-4-6-16(23)18(15)27(26-17)9-14-12-32-7-8-33-14/h4-6,13-14,19,28-29H,7-12H2,1-3H3,(H,24,31)(H,25,30)/t14-,19?/m0/s1. The van der Waals surface area contributed by atoms with Crippen molar-refractivity contribution in [1.82, 2.24) is 20.4 Å². The predicted octanol–water partition coefficient (Wildman–Crippen LogP) is 0.205. The molecule has 0 spiro atoms. The molecule has 3 rings (SSSR count). The number of para-hydroxylation sites is 1. The average molecular weight is 467 g/mol. The first-order chi connectivity index (χ1) is 15.7.